The van der Waals surface area contributed by atoms with Crippen LogP contribution in [0.2, 0.25) is 0 Å². The summed E-state index contributed by atoms with van der Waals surface area (Å²) in [6.45, 7) is 4.06. The lowest BCUT2D eigenvalue weighted by Gasteiger charge is -2.38. The maximum Gasteiger partial charge on any atom is 0.244 e. The van der Waals surface area contributed by atoms with Gasteiger partial charge < -0.3 is 20.1 Å². The minimum atomic E-state index is -0.905. The normalized spacial score (nSPS) is 11.5. The molecule has 2 N–H and O–H groups in total. The number of nitrogens with zero attached hydrogens (tertiary/aromatic N) is 3. The maximum absolute atomic E-state index is 5.61. The second kappa shape index (κ2) is 15.7. The van der Waals surface area contributed by atoms with E-state index in [2.05, 4.69) is 151 Å². The molecule has 0 saturated heterocycles. The van der Waals surface area contributed by atoms with Gasteiger partial charge in [-0.15, -0.1) is 11.7 Å². The van der Waals surface area contributed by atoms with Crippen molar-refractivity contribution in [3.63, 3.8) is 0 Å². The lowest BCUT2D eigenvalue weighted by atomic mass is 9.77. The van der Waals surface area contributed by atoms with Crippen molar-refractivity contribution in [2.45, 2.75) is 17.5 Å². The van der Waals surface area contributed by atoms with Crippen LogP contribution in [0.4, 0.5) is 11.8 Å². The first kappa shape index (κ1) is 35.9. The number of ether oxygens (including phenoxy) is 2. The van der Waals surface area contributed by atoms with Gasteiger partial charge in [-0.3, -0.25) is 0 Å². The molecule has 0 amide bonds. The number of rotatable bonds is 14. The van der Waals surface area contributed by atoms with Gasteiger partial charge in [0, 0.05) is 12.1 Å². The highest BCUT2D eigenvalue weighted by Gasteiger charge is 2.40. The molecule has 0 aliphatic rings. The highest BCUT2D eigenvalue weighted by molar-refractivity contribution is 5.74. The molecule has 0 atom stereocenters. The standard InChI is InChI=1S/C49H43N5O2/c1-4-17-42-30-35-45-46(51-48(36-18-9-5-10-19-36,37-20-11-6-12-21-37)40-26-31-43(55-2)32-27-40)50-47(53-54(42)45)52-49(38-22-13-7-14-23-38,39-24-15-8-16-25-39)41-28-33-44(56-3)34-29-41/h4-16,18-35H,1,17H2,2-3H3,(H2,50,51,52,53). The molecular weight excluding hydrogens is 691 g/mol. The van der Waals surface area contributed by atoms with Gasteiger partial charge in [-0.05, 0) is 69.8 Å². The number of aromatic nitrogens is 3. The Morgan fingerprint density at radius 3 is 1.30 bits per heavy atom. The molecule has 2 aromatic heterocycles. The molecule has 0 bridgehead atoms. The Hall–Kier alpha value is -7.12. The summed E-state index contributed by atoms with van der Waals surface area (Å²) in [6, 6.07) is 62.4. The molecule has 8 rings (SSSR count). The van der Waals surface area contributed by atoms with Crippen molar-refractivity contribution in [1.29, 1.82) is 0 Å². The van der Waals surface area contributed by atoms with Crippen LogP contribution in [0.15, 0.2) is 195 Å². The number of methoxy groups -OCH3 is 2. The van der Waals surface area contributed by atoms with Crippen molar-refractivity contribution in [3.8, 4) is 11.5 Å². The molecule has 0 radical (unpaired) electrons. The van der Waals surface area contributed by atoms with E-state index in [1.54, 1.807) is 14.2 Å². The van der Waals surface area contributed by atoms with Gasteiger partial charge >= 0.3 is 0 Å². The van der Waals surface area contributed by atoms with Crippen molar-refractivity contribution >= 4 is 17.3 Å². The van der Waals surface area contributed by atoms with Crippen molar-refractivity contribution in [3.05, 3.63) is 234 Å². The summed E-state index contributed by atoms with van der Waals surface area (Å²) in [4.78, 5) is 5.44. The molecule has 56 heavy (non-hydrogen) atoms. The molecule has 0 unspecified atom stereocenters. The van der Waals surface area contributed by atoms with E-state index in [1.165, 1.54) is 0 Å². The van der Waals surface area contributed by atoms with Gasteiger partial charge in [0.05, 0.1) is 14.2 Å². The Morgan fingerprint density at radius 2 is 0.911 bits per heavy atom. The zero-order chi connectivity index (χ0) is 38.4. The van der Waals surface area contributed by atoms with Crippen LogP contribution in [-0.4, -0.2) is 28.8 Å². The van der Waals surface area contributed by atoms with Crippen molar-refractivity contribution in [1.82, 2.24) is 14.6 Å². The van der Waals surface area contributed by atoms with Crippen LogP contribution in [0.3, 0.4) is 0 Å². The molecule has 7 heteroatoms. The van der Waals surface area contributed by atoms with Gasteiger partial charge in [0.25, 0.3) is 0 Å². The molecule has 276 valence electrons. The number of hydrogen-bond donors (Lipinski definition) is 2. The van der Waals surface area contributed by atoms with Gasteiger partial charge in [0.1, 0.15) is 28.1 Å². The molecule has 0 aliphatic carbocycles. The largest absolute Gasteiger partial charge is 0.497 e. The minimum absolute atomic E-state index is 0.426. The summed E-state index contributed by atoms with van der Waals surface area (Å²) in [6.07, 6.45) is 2.52. The monoisotopic (exact) mass is 733 g/mol. The molecule has 0 spiro atoms. The van der Waals surface area contributed by atoms with Gasteiger partial charge in [0.15, 0.2) is 5.82 Å². The average Bonchev–Trinajstić information content (AvgIpc) is 3.68. The van der Waals surface area contributed by atoms with Crippen LogP contribution < -0.4 is 20.1 Å². The second-order valence-electron chi connectivity index (χ2n) is 13.6. The SMILES string of the molecule is C=CCc1ccc2c(NC(c3ccccc3)(c3ccccc3)c3ccc(OC)cc3)nc(NC(c3ccccc3)(c3ccccc3)c3ccc(OC)cc3)nn12. The quantitative estimate of drug-likeness (QED) is 0.0857. The topological polar surface area (TPSA) is 72.7 Å². The number of benzene rings is 6. The summed E-state index contributed by atoms with van der Waals surface area (Å²) in [5.41, 5.74) is 6.16. The minimum Gasteiger partial charge on any atom is -0.497 e. The summed E-state index contributed by atoms with van der Waals surface area (Å²) < 4.78 is 13.2. The zero-order valence-electron chi connectivity index (χ0n) is 31.5. The lowest BCUT2D eigenvalue weighted by molar-refractivity contribution is 0.414. The van der Waals surface area contributed by atoms with Crippen LogP contribution in [0.5, 0.6) is 11.5 Å². The molecule has 8 aromatic rings. The second-order valence-corrected chi connectivity index (χ2v) is 13.6. The zero-order valence-corrected chi connectivity index (χ0v) is 31.5. The van der Waals surface area contributed by atoms with Crippen molar-refractivity contribution < 1.29 is 9.47 Å². The van der Waals surface area contributed by atoms with E-state index in [1.807, 2.05) is 59.1 Å². The highest BCUT2D eigenvalue weighted by Crippen LogP contribution is 2.43. The summed E-state index contributed by atoms with van der Waals surface area (Å²) in [7, 11) is 3.37. The number of hydrogen-bond acceptors (Lipinski definition) is 6. The van der Waals surface area contributed by atoms with Crippen LogP contribution in [0.1, 0.15) is 39.1 Å². The number of allylic oxidation sites excluding steroid dienone is 1. The Bertz CT molecular complexity index is 2440. The Balaban J connectivity index is 1.40. The van der Waals surface area contributed by atoms with E-state index >= 15 is 0 Å². The van der Waals surface area contributed by atoms with E-state index < -0.39 is 11.1 Å². The average molecular weight is 734 g/mol. The van der Waals surface area contributed by atoms with Crippen molar-refractivity contribution in [2.24, 2.45) is 0 Å². The Labute approximate surface area is 327 Å². The van der Waals surface area contributed by atoms with Gasteiger partial charge in [-0.2, -0.15) is 4.98 Å². The third-order valence-corrected chi connectivity index (χ3v) is 10.4. The summed E-state index contributed by atoms with van der Waals surface area (Å²) in [5, 5.41) is 13.2. The molecular formula is C49H43N5O2. The summed E-state index contributed by atoms with van der Waals surface area (Å²) >= 11 is 0. The van der Waals surface area contributed by atoms with E-state index in [0.29, 0.717) is 18.2 Å². The van der Waals surface area contributed by atoms with Crippen LogP contribution in [0.25, 0.3) is 5.52 Å². The number of nitrogens with one attached hydrogen (secondary N) is 2. The molecule has 7 nitrogen and oxygen atoms in total. The van der Waals surface area contributed by atoms with E-state index in [9.17, 15) is 0 Å². The predicted molar refractivity (Wildman–Crippen MR) is 226 cm³/mol. The lowest BCUT2D eigenvalue weighted by Crippen LogP contribution is -2.40. The van der Waals surface area contributed by atoms with Gasteiger partial charge in [-0.25, -0.2) is 4.52 Å². The van der Waals surface area contributed by atoms with E-state index in [-0.39, 0.29) is 0 Å². The van der Waals surface area contributed by atoms with Crippen molar-refractivity contribution in [2.75, 3.05) is 24.9 Å². The van der Waals surface area contributed by atoms with Crippen LogP contribution in [-0.2, 0) is 17.5 Å². The number of anilines is 2. The molecule has 6 aromatic carbocycles. The Morgan fingerprint density at radius 1 is 0.518 bits per heavy atom. The molecule has 0 fully saturated rings. The first-order valence-corrected chi connectivity index (χ1v) is 18.7. The summed E-state index contributed by atoms with van der Waals surface area (Å²) in [5.74, 6) is 2.61. The van der Waals surface area contributed by atoms with E-state index in [4.69, 9.17) is 19.6 Å². The third kappa shape index (κ3) is 6.54. The maximum atomic E-state index is 5.61. The fourth-order valence-corrected chi connectivity index (χ4v) is 7.71. The fourth-order valence-electron chi connectivity index (χ4n) is 7.71. The molecule has 2 heterocycles. The smallest absolute Gasteiger partial charge is 0.244 e. The van der Waals surface area contributed by atoms with Gasteiger partial charge in [0.2, 0.25) is 5.95 Å². The van der Waals surface area contributed by atoms with Crippen LogP contribution >= 0.6 is 0 Å². The first-order valence-electron chi connectivity index (χ1n) is 18.7. The highest BCUT2D eigenvalue weighted by atomic mass is 16.5. The van der Waals surface area contributed by atoms with Crippen LogP contribution in [0, 0.1) is 0 Å². The fraction of sp³-hybridized carbons (Fsp3) is 0.102. The molecule has 0 saturated carbocycles. The predicted octanol–water partition coefficient (Wildman–Crippen LogP) is 10.3. The molecule has 0 aliphatic heterocycles. The first-order chi connectivity index (χ1) is 27.6. The number of fused-ring (bicyclic) bond motifs is 1. The third-order valence-electron chi connectivity index (χ3n) is 10.4. The van der Waals surface area contributed by atoms with E-state index in [0.717, 1.165) is 56.1 Å². The Kier molecular flexibility index (Phi) is 10.1. The van der Waals surface area contributed by atoms with Gasteiger partial charge in [-0.1, -0.05) is 152 Å².